The first-order chi connectivity index (χ1) is 7.25. The van der Waals surface area contributed by atoms with Crippen LogP contribution in [0.4, 0.5) is 0 Å². The van der Waals surface area contributed by atoms with Crippen LogP contribution < -0.4 is 0 Å². The maximum atomic E-state index is 11.5. The van der Waals surface area contributed by atoms with Crippen LogP contribution in [-0.2, 0) is 0 Å². The van der Waals surface area contributed by atoms with Gasteiger partial charge in [0.25, 0.3) is 0 Å². The molecule has 0 N–H and O–H groups in total. The molecule has 0 amide bonds. The Morgan fingerprint density at radius 3 is 2.80 bits per heavy atom. The minimum Gasteiger partial charge on any atom is -0.462 e. The summed E-state index contributed by atoms with van der Waals surface area (Å²) in [5.41, 5.74) is 0. The number of carbonyl (C=O) groups excluding carboxylic acids is 1. The van der Waals surface area contributed by atoms with Crippen molar-refractivity contribution < 1.29 is 13.6 Å². The third-order valence-electron chi connectivity index (χ3n) is 1.92. The maximum Gasteiger partial charge on any atom is 0.221 e. The molecule has 3 heteroatoms. The Hall–Kier alpha value is -2.03. The lowest BCUT2D eigenvalue weighted by Crippen LogP contribution is -1.89. The van der Waals surface area contributed by atoms with Crippen molar-refractivity contribution in [1.29, 1.82) is 0 Å². The molecule has 0 saturated heterocycles. The van der Waals surface area contributed by atoms with Crippen LogP contribution in [0.15, 0.2) is 45.4 Å². The van der Waals surface area contributed by atoms with Gasteiger partial charge in [0.05, 0.1) is 6.26 Å². The highest BCUT2D eigenvalue weighted by Crippen LogP contribution is 2.09. The molecule has 0 unspecified atom stereocenters. The van der Waals surface area contributed by atoms with Crippen molar-refractivity contribution in [3.63, 3.8) is 0 Å². The summed E-state index contributed by atoms with van der Waals surface area (Å²) in [4.78, 5) is 11.5. The Labute approximate surface area is 87.0 Å². The number of carbonyl (C=O) groups is 1. The SMILES string of the molecule is Cc1ccc(C=CC(=O)c2ccco2)o1. The molecule has 0 aliphatic rings. The normalized spacial score (nSPS) is 11.0. The largest absolute Gasteiger partial charge is 0.462 e. The Morgan fingerprint density at radius 2 is 2.20 bits per heavy atom. The average Bonchev–Trinajstić information content (AvgIpc) is 2.84. The molecule has 0 aliphatic carbocycles. The highest BCUT2D eigenvalue weighted by atomic mass is 16.3. The van der Waals surface area contributed by atoms with E-state index in [2.05, 4.69) is 0 Å². The van der Waals surface area contributed by atoms with Crippen molar-refractivity contribution in [1.82, 2.24) is 0 Å². The second kappa shape index (κ2) is 4.00. The maximum absolute atomic E-state index is 11.5. The molecule has 0 bridgehead atoms. The van der Waals surface area contributed by atoms with Gasteiger partial charge in [-0.15, -0.1) is 0 Å². The van der Waals surface area contributed by atoms with Gasteiger partial charge >= 0.3 is 0 Å². The molecule has 0 aromatic carbocycles. The van der Waals surface area contributed by atoms with Gasteiger partial charge in [0, 0.05) is 0 Å². The van der Waals surface area contributed by atoms with E-state index in [-0.39, 0.29) is 5.78 Å². The fourth-order valence-electron chi connectivity index (χ4n) is 1.20. The third kappa shape index (κ3) is 2.26. The summed E-state index contributed by atoms with van der Waals surface area (Å²) in [6.07, 6.45) is 4.52. The molecule has 0 radical (unpaired) electrons. The van der Waals surface area contributed by atoms with Crippen molar-refractivity contribution >= 4 is 11.9 Å². The molecule has 0 fully saturated rings. The van der Waals surface area contributed by atoms with E-state index in [0.717, 1.165) is 5.76 Å². The van der Waals surface area contributed by atoms with Gasteiger partial charge < -0.3 is 8.83 Å². The van der Waals surface area contributed by atoms with Crippen LogP contribution in [0, 0.1) is 6.92 Å². The predicted octanol–water partition coefficient (Wildman–Crippen LogP) is 3.08. The Bertz CT molecular complexity index is 475. The number of allylic oxidation sites excluding steroid dienone is 1. The molecule has 0 atom stereocenters. The second-order valence-electron chi connectivity index (χ2n) is 3.12. The zero-order chi connectivity index (χ0) is 10.7. The van der Waals surface area contributed by atoms with Gasteiger partial charge in [0.15, 0.2) is 5.76 Å². The van der Waals surface area contributed by atoms with E-state index < -0.39 is 0 Å². The summed E-state index contributed by atoms with van der Waals surface area (Å²) in [6, 6.07) is 6.95. The molecule has 0 spiro atoms. The van der Waals surface area contributed by atoms with Crippen LogP contribution in [0.1, 0.15) is 22.1 Å². The summed E-state index contributed by atoms with van der Waals surface area (Å²) in [5, 5.41) is 0. The van der Waals surface area contributed by atoms with Gasteiger partial charge in [-0.2, -0.15) is 0 Å². The van der Waals surface area contributed by atoms with E-state index in [1.54, 1.807) is 24.3 Å². The first-order valence-electron chi connectivity index (χ1n) is 4.58. The molecule has 2 aromatic heterocycles. The number of hydrogen-bond acceptors (Lipinski definition) is 3. The monoisotopic (exact) mass is 202 g/mol. The molecule has 76 valence electrons. The van der Waals surface area contributed by atoms with E-state index in [1.165, 1.54) is 12.3 Å². The molecule has 2 rings (SSSR count). The van der Waals surface area contributed by atoms with Crippen molar-refractivity contribution in [3.05, 3.63) is 53.9 Å². The number of rotatable bonds is 3. The highest BCUT2D eigenvalue weighted by Gasteiger charge is 2.03. The van der Waals surface area contributed by atoms with Gasteiger partial charge in [0.1, 0.15) is 11.5 Å². The van der Waals surface area contributed by atoms with Gasteiger partial charge in [-0.25, -0.2) is 0 Å². The molecule has 0 saturated carbocycles. The lowest BCUT2D eigenvalue weighted by molar-refractivity contribution is 0.102. The van der Waals surface area contributed by atoms with Crippen LogP contribution in [0.5, 0.6) is 0 Å². The molecule has 3 nitrogen and oxygen atoms in total. The van der Waals surface area contributed by atoms with Crippen LogP contribution in [-0.4, -0.2) is 5.78 Å². The number of aryl methyl sites for hydroxylation is 1. The topological polar surface area (TPSA) is 43.4 Å². The van der Waals surface area contributed by atoms with Crippen LogP contribution in [0.2, 0.25) is 0 Å². The fraction of sp³-hybridized carbons (Fsp3) is 0.0833. The van der Waals surface area contributed by atoms with Gasteiger partial charge in [-0.1, -0.05) is 0 Å². The van der Waals surface area contributed by atoms with Crippen LogP contribution >= 0.6 is 0 Å². The zero-order valence-corrected chi connectivity index (χ0v) is 8.27. The summed E-state index contributed by atoms with van der Waals surface area (Å²) in [5.74, 6) is 1.64. The van der Waals surface area contributed by atoms with Crippen molar-refractivity contribution in [2.45, 2.75) is 6.92 Å². The predicted molar refractivity (Wildman–Crippen MR) is 55.5 cm³/mol. The first-order valence-corrected chi connectivity index (χ1v) is 4.58. The molecular formula is C12H10O3. The summed E-state index contributed by atoms with van der Waals surface area (Å²) < 4.78 is 10.2. The average molecular weight is 202 g/mol. The number of hydrogen-bond donors (Lipinski definition) is 0. The minimum atomic E-state index is -0.172. The summed E-state index contributed by atoms with van der Waals surface area (Å²) in [7, 11) is 0. The molecule has 2 aromatic rings. The zero-order valence-electron chi connectivity index (χ0n) is 8.27. The van der Waals surface area contributed by atoms with Gasteiger partial charge in [0.2, 0.25) is 5.78 Å². The number of furan rings is 2. The van der Waals surface area contributed by atoms with Crippen molar-refractivity contribution in [3.8, 4) is 0 Å². The number of ketones is 1. The third-order valence-corrected chi connectivity index (χ3v) is 1.92. The van der Waals surface area contributed by atoms with E-state index in [0.29, 0.717) is 11.5 Å². The lowest BCUT2D eigenvalue weighted by Gasteiger charge is -1.87. The summed E-state index contributed by atoms with van der Waals surface area (Å²) >= 11 is 0. The molecular weight excluding hydrogens is 192 g/mol. The Balaban J connectivity index is 2.09. The molecule has 15 heavy (non-hydrogen) atoms. The lowest BCUT2D eigenvalue weighted by atomic mass is 10.2. The van der Waals surface area contributed by atoms with Crippen LogP contribution in [0.3, 0.4) is 0 Å². The summed E-state index contributed by atoms with van der Waals surface area (Å²) in [6.45, 7) is 1.85. The van der Waals surface area contributed by atoms with Crippen molar-refractivity contribution in [2.24, 2.45) is 0 Å². The van der Waals surface area contributed by atoms with E-state index in [4.69, 9.17) is 8.83 Å². The molecule has 2 heterocycles. The Morgan fingerprint density at radius 1 is 1.33 bits per heavy atom. The van der Waals surface area contributed by atoms with Crippen LogP contribution in [0.25, 0.3) is 6.08 Å². The fourth-order valence-corrected chi connectivity index (χ4v) is 1.20. The quantitative estimate of drug-likeness (QED) is 0.567. The second-order valence-corrected chi connectivity index (χ2v) is 3.12. The highest BCUT2D eigenvalue weighted by molar-refractivity contribution is 6.04. The van der Waals surface area contributed by atoms with Gasteiger partial charge in [-0.3, -0.25) is 4.79 Å². The van der Waals surface area contributed by atoms with E-state index >= 15 is 0 Å². The van der Waals surface area contributed by atoms with E-state index in [1.807, 2.05) is 13.0 Å². The van der Waals surface area contributed by atoms with Gasteiger partial charge in [-0.05, 0) is 43.3 Å². The van der Waals surface area contributed by atoms with Crippen molar-refractivity contribution in [2.75, 3.05) is 0 Å². The molecule has 0 aliphatic heterocycles. The standard InChI is InChI=1S/C12H10O3/c1-9-4-5-10(15-9)6-7-11(13)12-3-2-8-14-12/h2-8H,1H3. The minimum absolute atomic E-state index is 0.172. The first kappa shape index (κ1) is 9.52. The van der Waals surface area contributed by atoms with E-state index in [9.17, 15) is 4.79 Å². The Kier molecular flexibility index (Phi) is 2.54. The smallest absolute Gasteiger partial charge is 0.221 e.